The minimum absolute atomic E-state index is 0.0786. The normalized spacial score (nSPS) is 26.1. The van der Waals surface area contributed by atoms with Gasteiger partial charge in [0.1, 0.15) is 6.61 Å². The van der Waals surface area contributed by atoms with Crippen LogP contribution in [-0.2, 0) is 20.8 Å². The number of fused-ring (bicyclic) bond motifs is 1. The van der Waals surface area contributed by atoms with Gasteiger partial charge >= 0.3 is 0 Å². The van der Waals surface area contributed by atoms with Gasteiger partial charge in [-0.3, -0.25) is 9.69 Å². The summed E-state index contributed by atoms with van der Waals surface area (Å²) in [5, 5.41) is 0. The van der Waals surface area contributed by atoms with Crippen LogP contribution in [0.1, 0.15) is 5.56 Å². The van der Waals surface area contributed by atoms with Gasteiger partial charge in [0.2, 0.25) is 5.91 Å². The third-order valence-electron chi connectivity index (χ3n) is 4.24. The summed E-state index contributed by atoms with van der Waals surface area (Å²) in [4.78, 5) is 16.3. The van der Waals surface area contributed by atoms with E-state index >= 15 is 0 Å². The van der Waals surface area contributed by atoms with Crippen molar-refractivity contribution in [2.24, 2.45) is 0 Å². The van der Waals surface area contributed by atoms with Crippen molar-refractivity contribution in [1.29, 1.82) is 0 Å². The van der Waals surface area contributed by atoms with Crippen LogP contribution in [-0.4, -0.2) is 67.8 Å². The van der Waals surface area contributed by atoms with Crippen LogP contribution in [0.2, 0.25) is 0 Å². The van der Waals surface area contributed by atoms with E-state index in [0.29, 0.717) is 13.2 Å². The van der Waals surface area contributed by atoms with Crippen LogP contribution in [0.25, 0.3) is 0 Å². The monoisotopic (exact) mass is 290 g/mol. The van der Waals surface area contributed by atoms with Gasteiger partial charge in [0.25, 0.3) is 0 Å². The molecule has 21 heavy (non-hydrogen) atoms. The van der Waals surface area contributed by atoms with Gasteiger partial charge in [0.15, 0.2) is 0 Å². The maximum Gasteiger partial charge on any atom is 0.249 e. The summed E-state index contributed by atoms with van der Waals surface area (Å²) in [5.41, 5.74) is 1.30. The quantitative estimate of drug-likeness (QED) is 0.802. The first-order chi connectivity index (χ1) is 10.3. The van der Waals surface area contributed by atoms with Crippen molar-refractivity contribution in [2.75, 3.05) is 40.0 Å². The molecule has 2 saturated heterocycles. The summed E-state index contributed by atoms with van der Waals surface area (Å²) in [7, 11) is 1.67. The zero-order chi connectivity index (χ0) is 14.7. The van der Waals surface area contributed by atoms with Gasteiger partial charge < -0.3 is 14.4 Å². The predicted octanol–water partition coefficient (Wildman–Crippen LogP) is 0.745. The first kappa shape index (κ1) is 14.5. The molecule has 1 aromatic carbocycles. The molecule has 5 heteroatoms. The number of carbonyl (C=O) groups excluding carboxylic acids is 1. The van der Waals surface area contributed by atoms with Crippen LogP contribution in [0.4, 0.5) is 0 Å². The van der Waals surface area contributed by atoms with Gasteiger partial charge in [-0.15, -0.1) is 0 Å². The number of hydrogen-bond donors (Lipinski definition) is 0. The Morgan fingerprint density at radius 1 is 1.29 bits per heavy atom. The van der Waals surface area contributed by atoms with E-state index in [0.717, 1.165) is 19.6 Å². The molecule has 3 rings (SSSR count). The van der Waals surface area contributed by atoms with Crippen LogP contribution in [0.3, 0.4) is 0 Å². The Labute approximate surface area is 125 Å². The largest absolute Gasteiger partial charge is 0.383 e. The first-order valence-electron chi connectivity index (χ1n) is 7.44. The molecule has 2 heterocycles. The lowest BCUT2D eigenvalue weighted by molar-refractivity contribution is -0.153. The van der Waals surface area contributed by atoms with E-state index in [4.69, 9.17) is 9.47 Å². The molecule has 0 aromatic heterocycles. The molecule has 0 radical (unpaired) electrons. The molecule has 2 fully saturated rings. The van der Waals surface area contributed by atoms with Crippen LogP contribution in [0.15, 0.2) is 30.3 Å². The molecule has 0 bridgehead atoms. The average Bonchev–Trinajstić information content (AvgIpc) is 2.90. The number of methoxy groups -OCH3 is 1. The SMILES string of the molecule is COCCN1C(=O)CO[C@H]2CN(Cc3ccccc3)C[C@H]21. The van der Waals surface area contributed by atoms with Gasteiger partial charge in [-0.2, -0.15) is 0 Å². The Bertz CT molecular complexity index is 480. The number of carbonyl (C=O) groups is 1. The van der Waals surface area contributed by atoms with Crippen LogP contribution in [0, 0.1) is 0 Å². The molecule has 2 aliphatic rings. The fraction of sp³-hybridized carbons (Fsp3) is 0.562. The number of ether oxygens (including phenoxy) is 2. The van der Waals surface area contributed by atoms with Crippen molar-refractivity contribution in [2.45, 2.75) is 18.7 Å². The molecule has 5 nitrogen and oxygen atoms in total. The minimum atomic E-state index is 0.0786. The summed E-state index contributed by atoms with van der Waals surface area (Å²) in [6.07, 6.45) is 0.128. The molecule has 1 aromatic rings. The van der Waals surface area contributed by atoms with Crippen molar-refractivity contribution >= 4 is 5.91 Å². The fourth-order valence-corrected chi connectivity index (χ4v) is 3.19. The van der Waals surface area contributed by atoms with Gasteiger partial charge in [0.05, 0.1) is 18.8 Å². The second kappa shape index (κ2) is 6.56. The zero-order valence-corrected chi connectivity index (χ0v) is 12.4. The Hall–Kier alpha value is -1.43. The Kier molecular flexibility index (Phi) is 4.53. The summed E-state index contributed by atoms with van der Waals surface area (Å²) in [6.45, 7) is 4.09. The molecule has 0 unspecified atom stereocenters. The Balaban J connectivity index is 1.64. The van der Waals surface area contributed by atoms with Crippen molar-refractivity contribution in [3.8, 4) is 0 Å². The van der Waals surface area contributed by atoms with Gasteiger partial charge in [-0.25, -0.2) is 0 Å². The predicted molar refractivity (Wildman–Crippen MR) is 78.8 cm³/mol. The highest BCUT2D eigenvalue weighted by atomic mass is 16.5. The fourth-order valence-electron chi connectivity index (χ4n) is 3.19. The molecular formula is C16H22N2O3. The Morgan fingerprint density at radius 2 is 2.10 bits per heavy atom. The van der Waals surface area contributed by atoms with Crippen molar-refractivity contribution < 1.29 is 14.3 Å². The second-order valence-corrected chi connectivity index (χ2v) is 5.68. The highest BCUT2D eigenvalue weighted by Crippen LogP contribution is 2.24. The third-order valence-corrected chi connectivity index (χ3v) is 4.24. The minimum Gasteiger partial charge on any atom is -0.383 e. The first-order valence-corrected chi connectivity index (χ1v) is 7.44. The maximum atomic E-state index is 12.0. The van der Waals surface area contributed by atoms with Gasteiger partial charge in [-0.05, 0) is 5.56 Å². The standard InChI is InChI=1S/C16H22N2O3/c1-20-8-7-18-14-10-17(9-13-5-3-2-4-6-13)11-15(14)21-12-16(18)19/h2-6,14-15H,7-12H2,1H3/t14-,15+/m1/s1. The smallest absolute Gasteiger partial charge is 0.249 e. The molecular weight excluding hydrogens is 268 g/mol. The van der Waals surface area contributed by atoms with E-state index in [2.05, 4.69) is 29.2 Å². The van der Waals surface area contributed by atoms with Crippen LogP contribution in [0.5, 0.6) is 0 Å². The van der Waals surface area contributed by atoms with Gasteiger partial charge in [-0.1, -0.05) is 30.3 Å². The molecule has 0 saturated carbocycles. The molecule has 114 valence electrons. The summed E-state index contributed by atoms with van der Waals surface area (Å²) >= 11 is 0. The lowest BCUT2D eigenvalue weighted by Crippen LogP contribution is -2.54. The highest BCUT2D eigenvalue weighted by Gasteiger charge is 2.42. The number of likely N-dealkylation sites (tertiary alicyclic amines) is 1. The summed E-state index contributed by atoms with van der Waals surface area (Å²) in [5.74, 6) is 0.0786. The van der Waals surface area contributed by atoms with E-state index in [1.807, 2.05) is 11.0 Å². The number of benzene rings is 1. The molecule has 2 aliphatic heterocycles. The lowest BCUT2D eigenvalue weighted by Gasteiger charge is -2.36. The Morgan fingerprint density at radius 3 is 2.86 bits per heavy atom. The average molecular weight is 290 g/mol. The molecule has 1 amide bonds. The van der Waals surface area contributed by atoms with Crippen molar-refractivity contribution in [3.63, 3.8) is 0 Å². The topological polar surface area (TPSA) is 42.0 Å². The number of nitrogens with zero attached hydrogens (tertiary/aromatic N) is 2. The van der Waals surface area contributed by atoms with E-state index in [9.17, 15) is 4.79 Å². The van der Waals surface area contributed by atoms with Crippen LogP contribution >= 0.6 is 0 Å². The van der Waals surface area contributed by atoms with Crippen LogP contribution < -0.4 is 0 Å². The summed E-state index contributed by atoms with van der Waals surface area (Å²) < 4.78 is 10.8. The van der Waals surface area contributed by atoms with E-state index < -0.39 is 0 Å². The molecule has 2 atom stereocenters. The lowest BCUT2D eigenvalue weighted by atomic mass is 10.1. The molecule has 0 N–H and O–H groups in total. The third kappa shape index (κ3) is 3.26. The second-order valence-electron chi connectivity index (χ2n) is 5.68. The van der Waals surface area contributed by atoms with Crippen molar-refractivity contribution in [3.05, 3.63) is 35.9 Å². The van der Waals surface area contributed by atoms with Crippen molar-refractivity contribution in [1.82, 2.24) is 9.80 Å². The highest BCUT2D eigenvalue weighted by molar-refractivity contribution is 5.78. The van der Waals surface area contributed by atoms with E-state index in [-0.39, 0.29) is 24.7 Å². The van der Waals surface area contributed by atoms with E-state index in [1.165, 1.54) is 5.56 Å². The molecule has 0 aliphatic carbocycles. The number of amides is 1. The number of hydrogen-bond acceptors (Lipinski definition) is 4. The number of morpholine rings is 1. The zero-order valence-electron chi connectivity index (χ0n) is 12.4. The maximum absolute atomic E-state index is 12.0. The van der Waals surface area contributed by atoms with E-state index in [1.54, 1.807) is 7.11 Å². The number of rotatable bonds is 5. The summed E-state index contributed by atoms with van der Waals surface area (Å²) in [6, 6.07) is 10.6. The van der Waals surface area contributed by atoms with Gasteiger partial charge in [0, 0.05) is 33.3 Å². The molecule has 0 spiro atoms.